The topological polar surface area (TPSA) is 12.0 Å². The van der Waals surface area contributed by atoms with Crippen LogP contribution in [0.3, 0.4) is 0 Å². The highest BCUT2D eigenvalue weighted by Crippen LogP contribution is 2.30. The van der Waals surface area contributed by atoms with E-state index in [9.17, 15) is 0 Å². The molecule has 4 heteroatoms. The summed E-state index contributed by atoms with van der Waals surface area (Å²) in [7, 11) is 0. The molecule has 0 bridgehead atoms. The molecule has 0 fully saturated rings. The second-order valence-electron chi connectivity index (χ2n) is 5.04. The first-order valence-electron chi connectivity index (χ1n) is 6.98. The van der Waals surface area contributed by atoms with Crippen LogP contribution in [0.5, 0.6) is 0 Å². The SMILES string of the molecule is CCC(N[C@@H](C)c1ccccc1Br)c1ccc(Cl)c(Cl)c1. The quantitative estimate of drug-likeness (QED) is 0.613. The third-order valence-electron chi connectivity index (χ3n) is 3.58. The monoisotopic (exact) mass is 385 g/mol. The molecule has 0 aliphatic heterocycles. The Balaban J connectivity index is 2.19. The van der Waals surface area contributed by atoms with Crippen molar-refractivity contribution in [2.45, 2.75) is 32.4 Å². The van der Waals surface area contributed by atoms with Crippen LogP contribution >= 0.6 is 39.1 Å². The zero-order valence-electron chi connectivity index (χ0n) is 12.0. The molecular weight excluding hydrogens is 369 g/mol. The predicted octanol–water partition coefficient (Wildman–Crippen LogP) is 6.56. The van der Waals surface area contributed by atoms with Crippen LogP contribution in [0.2, 0.25) is 10.0 Å². The van der Waals surface area contributed by atoms with Crippen molar-refractivity contribution in [1.82, 2.24) is 5.32 Å². The fourth-order valence-electron chi connectivity index (χ4n) is 2.40. The summed E-state index contributed by atoms with van der Waals surface area (Å²) in [4.78, 5) is 0. The first kappa shape index (κ1) is 16.8. The van der Waals surface area contributed by atoms with Gasteiger partial charge >= 0.3 is 0 Å². The summed E-state index contributed by atoms with van der Waals surface area (Å²) in [5, 5.41) is 4.85. The van der Waals surface area contributed by atoms with Crippen molar-refractivity contribution in [3.8, 4) is 0 Å². The van der Waals surface area contributed by atoms with Gasteiger partial charge in [0.1, 0.15) is 0 Å². The molecule has 2 aromatic rings. The van der Waals surface area contributed by atoms with Crippen LogP contribution in [0.15, 0.2) is 46.9 Å². The smallest absolute Gasteiger partial charge is 0.0595 e. The molecule has 2 rings (SSSR count). The molecular formula is C17H18BrCl2N. The maximum atomic E-state index is 6.13. The van der Waals surface area contributed by atoms with Gasteiger partial charge in [0.15, 0.2) is 0 Å². The van der Waals surface area contributed by atoms with Crippen molar-refractivity contribution in [3.63, 3.8) is 0 Å². The van der Waals surface area contributed by atoms with E-state index in [4.69, 9.17) is 23.2 Å². The average molecular weight is 387 g/mol. The van der Waals surface area contributed by atoms with Crippen molar-refractivity contribution in [2.75, 3.05) is 0 Å². The summed E-state index contributed by atoms with van der Waals surface area (Å²) in [6.45, 7) is 4.33. The van der Waals surface area contributed by atoms with E-state index < -0.39 is 0 Å². The molecule has 0 aliphatic rings. The zero-order valence-corrected chi connectivity index (χ0v) is 15.1. The molecule has 0 spiro atoms. The van der Waals surface area contributed by atoms with Crippen LogP contribution in [-0.2, 0) is 0 Å². The van der Waals surface area contributed by atoms with Crippen molar-refractivity contribution in [1.29, 1.82) is 0 Å². The highest BCUT2D eigenvalue weighted by molar-refractivity contribution is 9.10. The molecule has 1 unspecified atom stereocenters. The normalized spacial score (nSPS) is 14.0. The third kappa shape index (κ3) is 4.23. The van der Waals surface area contributed by atoms with Gasteiger partial charge in [-0.25, -0.2) is 0 Å². The van der Waals surface area contributed by atoms with E-state index in [0.717, 1.165) is 16.5 Å². The minimum absolute atomic E-state index is 0.236. The molecule has 0 radical (unpaired) electrons. The molecule has 2 atom stereocenters. The standard InChI is InChI=1S/C17H18BrCl2N/c1-3-17(12-8-9-15(19)16(20)10-12)21-11(2)13-6-4-5-7-14(13)18/h4-11,17,21H,3H2,1-2H3/t11-,17?/m0/s1. The predicted molar refractivity (Wildman–Crippen MR) is 95.2 cm³/mol. The summed E-state index contributed by atoms with van der Waals surface area (Å²) >= 11 is 15.7. The van der Waals surface area contributed by atoms with Crippen LogP contribution in [0.25, 0.3) is 0 Å². The van der Waals surface area contributed by atoms with Crippen molar-refractivity contribution in [3.05, 3.63) is 68.1 Å². The van der Waals surface area contributed by atoms with Gasteiger partial charge in [-0.15, -0.1) is 0 Å². The molecule has 0 aromatic heterocycles. The van der Waals surface area contributed by atoms with E-state index in [0.29, 0.717) is 10.0 Å². The first-order valence-corrected chi connectivity index (χ1v) is 8.53. The lowest BCUT2D eigenvalue weighted by molar-refractivity contribution is 0.455. The highest BCUT2D eigenvalue weighted by atomic mass is 79.9. The summed E-state index contributed by atoms with van der Waals surface area (Å²) in [6.07, 6.45) is 0.979. The number of rotatable bonds is 5. The fourth-order valence-corrected chi connectivity index (χ4v) is 3.33. The van der Waals surface area contributed by atoms with Gasteiger partial charge in [0.25, 0.3) is 0 Å². The van der Waals surface area contributed by atoms with Crippen LogP contribution in [0.4, 0.5) is 0 Å². The minimum atomic E-state index is 0.236. The maximum absolute atomic E-state index is 6.13. The average Bonchev–Trinajstić information content (AvgIpc) is 2.48. The molecule has 0 saturated heterocycles. The Morgan fingerprint density at radius 1 is 1.10 bits per heavy atom. The van der Waals surface area contributed by atoms with Gasteiger partial charge in [-0.1, -0.05) is 70.3 Å². The number of halogens is 3. The molecule has 0 amide bonds. The van der Waals surface area contributed by atoms with E-state index in [2.05, 4.69) is 53.3 Å². The number of nitrogens with one attached hydrogen (secondary N) is 1. The largest absolute Gasteiger partial charge is 0.303 e. The Morgan fingerprint density at radius 2 is 1.81 bits per heavy atom. The molecule has 112 valence electrons. The molecule has 21 heavy (non-hydrogen) atoms. The van der Waals surface area contributed by atoms with Crippen molar-refractivity contribution < 1.29 is 0 Å². The summed E-state index contributed by atoms with van der Waals surface area (Å²) < 4.78 is 1.12. The van der Waals surface area contributed by atoms with Crippen molar-refractivity contribution in [2.24, 2.45) is 0 Å². The lowest BCUT2D eigenvalue weighted by atomic mass is 10.0. The second-order valence-corrected chi connectivity index (χ2v) is 6.71. The molecule has 2 aromatic carbocycles. The van der Waals surface area contributed by atoms with Crippen LogP contribution < -0.4 is 5.32 Å². The van der Waals surface area contributed by atoms with Gasteiger partial charge in [0.05, 0.1) is 10.0 Å². The second kappa shape index (κ2) is 7.64. The van der Waals surface area contributed by atoms with Gasteiger partial charge in [0.2, 0.25) is 0 Å². The summed E-state index contributed by atoms with van der Waals surface area (Å²) in [6, 6.07) is 14.6. The van der Waals surface area contributed by atoms with Gasteiger partial charge in [0, 0.05) is 16.6 Å². The third-order valence-corrected chi connectivity index (χ3v) is 5.04. The fraction of sp³-hybridized carbons (Fsp3) is 0.294. The highest BCUT2D eigenvalue weighted by Gasteiger charge is 2.16. The van der Waals surface area contributed by atoms with Crippen molar-refractivity contribution >= 4 is 39.1 Å². The van der Waals surface area contributed by atoms with E-state index in [1.165, 1.54) is 5.56 Å². The minimum Gasteiger partial charge on any atom is -0.303 e. The molecule has 1 N–H and O–H groups in total. The van der Waals surface area contributed by atoms with Gasteiger partial charge in [-0.3, -0.25) is 0 Å². The van der Waals surface area contributed by atoms with E-state index in [1.54, 1.807) is 0 Å². The molecule has 0 aliphatic carbocycles. The lowest BCUT2D eigenvalue weighted by Gasteiger charge is -2.24. The van der Waals surface area contributed by atoms with E-state index in [-0.39, 0.29) is 12.1 Å². The Kier molecular flexibility index (Phi) is 6.12. The number of benzene rings is 2. The maximum Gasteiger partial charge on any atom is 0.0595 e. The van der Waals surface area contributed by atoms with Gasteiger partial charge in [-0.2, -0.15) is 0 Å². The zero-order chi connectivity index (χ0) is 15.4. The first-order chi connectivity index (χ1) is 10.0. The summed E-state index contributed by atoms with van der Waals surface area (Å²) in [5.74, 6) is 0. The Hall–Kier alpha value is -0.540. The Morgan fingerprint density at radius 3 is 2.43 bits per heavy atom. The summed E-state index contributed by atoms with van der Waals surface area (Å²) in [5.41, 5.74) is 2.40. The molecule has 0 saturated carbocycles. The molecule has 1 nitrogen and oxygen atoms in total. The van der Waals surface area contributed by atoms with Crippen LogP contribution in [-0.4, -0.2) is 0 Å². The molecule has 0 heterocycles. The van der Waals surface area contributed by atoms with Gasteiger partial charge < -0.3 is 5.32 Å². The van der Waals surface area contributed by atoms with E-state index in [1.807, 2.05) is 24.3 Å². The van der Waals surface area contributed by atoms with Gasteiger partial charge in [-0.05, 0) is 42.7 Å². The number of hydrogen-bond donors (Lipinski definition) is 1. The Labute approximate surface area is 144 Å². The number of hydrogen-bond acceptors (Lipinski definition) is 1. The van der Waals surface area contributed by atoms with Crippen LogP contribution in [0, 0.1) is 0 Å². The lowest BCUT2D eigenvalue weighted by Crippen LogP contribution is -2.24. The van der Waals surface area contributed by atoms with E-state index >= 15 is 0 Å². The van der Waals surface area contributed by atoms with Crippen LogP contribution in [0.1, 0.15) is 43.5 Å². The Bertz CT molecular complexity index is 615.